The molecule has 0 aliphatic rings. The average Bonchev–Trinajstić information content (AvgIpc) is 2.28. The molecule has 0 spiro atoms. The molecular formula is C11H13IN2O2S. The van der Waals surface area contributed by atoms with Gasteiger partial charge in [-0.25, -0.2) is 4.79 Å². The highest BCUT2D eigenvalue weighted by atomic mass is 127. The van der Waals surface area contributed by atoms with Crippen LogP contribution in [0.4, 0.5) is 4.79 Å². The maximum Gasteiger partial charge on any atom is 0.413 e. The van der Waals surface area contributed by atoms with Gasteiger partial charge in [0.1, 0.15) is 0 Å². The van der Waals surface area contributed by atoms with E-state index in [9.17, 15) is 4.79 Å². The zero-order valence-corrected chi connectivity index (χ0v) is 12.3. The number of carbonyl (C=O) groups is 1. The van der Waals surface area contributed by atoms with Crippen LogP contribution in [0, 0.1) is 3.57 Å². The van der Waals surface area contributed by atoms with Crippen molar-refractivity contribution in [2.24, 2.45) is 0 Å². The second-order valence-corrected chi connectivity index (χ2v) is 4.81. The summed E-state index contributed by atoms with van der Waals surface area (Å²) in [6.07, 6.45) is -0.535. The molecule has 0 radical (unpaired) electrons. The van der Waals surface area contributed by atoms with E-state index in [1.807, 2.05) is 24.3 Å². The van der Waals surface area contributed by atoms with Gasteiger partial charge in [-0.1, -0.05) is 12.1 Å². The van der Waals surface area contributed by atoms with Crippen molar-refractivity contribution in [2.45, 2.75) is 13.5 Å². The van der Waals surface area contributed by atoms with Crippen LogP contribution >= 0.6 is 34.8 Å². The van der Waals surface area contributed by atoms with Gasteiger partial charge in [-0.15, -0.1) is 0 Å². The number of amides is 1. The zero-order chi connectivity index (χ0) is 12.7. The normalized spacial score (nSPS) is 9.53. The number of hydrogen-bond acceptors (Lipinski definition) is 3. The minimum absolute atomic E-state index is 0.266. The van der Waals surface area contributed by atoms with Gasteiger partial charge in [0.2, 0.25) is 0 Å². The van der Waals surface area contributed by atoms with Crippen molar-refractivity contribution in [1.82, 2.24) is 10.6 Å². The van der Waals surface area contributed by atoms with Crippen LogP contribution in [0.1, 0.15) is 12.5 Å². The number of rotatable bonds is 3. The first-order valence-corrected chi connectivity index (χ1v) is 6.56. The van der Waals surface area contributed by atoms with E-state index >= 15 is 0 Å². The molecule has 0 aromatic heterocycles. The molecule has 0 saturated carbocycles. The average molecular weight is 364 g/mol. The molecule has 6 heteroatoms. The van der Waals surface area contributed by atoms with E-state index in [1.54, 1.807) is 6.92 Å². The summed E-state index contributed by atoms with van der Waals surface area (Å²) in [5.74, 6) is 0. The first-order chi connectivity index (χ1) is 8.11. The van der Waals surface area contributed by atoms with Crippen LogP contribution in [-0.2, 0) is 11.3 Å². The van der Waals surface area contributed by atoms with E-state index in [4.69, 9.17) is 17.0 Å². The smallest absolute Gasteiger partial charge is 0.413 e. The van der Waals surface area contributed by atoms with Gasteiger partial charge >= 0.3 is 6.09 Å². The number of thiocarbonyl (C=S) groups is 1. The van der Waals surface area contributed by atoms with Gasteiger partial charge in [-0.05, 0) is 59.4 Å². The predicted molar refractivity (Wildman–Crippen MR) is 78.8 cm³/mol. The molecule has 0 saturated heterocycles. The summed E-state index contributed by atoms with van der Waals surface area (Å²) in [6.45, 7) is 2.63. The maximum atomic E-state index is 11.0. The zero-order valence-electron chi connectivity index (χ0n) is 9.33. The molecular weight excluding hydrogens is 351 g/mol. The third kappa shape index (κ3) is 5.83. The van der Waals surface area contributed by atoms with E-state index < -0.39 is 6.09 Å². The largest absolute Gasteiger partial charge is 0.450 e. The second kappa shape index (κ2) is 7.44. The van der Waals surface area contributed by atoms with Crippen molar-refractivity contribution >= 4 is 46.0 Å². The van der Waals surface area contributed by atoms with Crippen molar-refractivity contribution in [3.05, 3.63) is 33.4 Å². The lowest BCUT2D eigenvalue weighted by Gasteiger charge is -2.09. The molecule has 0 heterocycles. The van der Waals surface area contributed by atoms with Crippen molar-refractivity contribution in [3.8, 4) is 0 Å². The number of hydrogen-bond donors (Lipinski definition) is 2. The molecule has 1 rings (SSSR count). The summed E-state index contributed by atoms with van der Waals surface area (Å²) in [7, 11) is 0. The quantitative estimate of drug-likeness (QED) is 0.639. The molecule has 0 bridgehead atoms. The van der Waals surface area contributed by atoms with Gasteiger partial charge in [-0.3, -0.25) is 5.32 Å². The van der Waals surface area contributed by atoms with Crippen molar-refractivity contribution < 1.29 is 9.53 Å². The van der Waals surface area contributed by atoms with Crippen molar-refractivity contribution in [2.75, 3.05) is 6.61 Å². The van der Waals surface area contributed by atoms with Gasteiger partial charge in [0.05, 0.1) is 6.61 Å². The van der Waals surface area contributed by atoms with Crippen LogP contribution in [0.15, 0.2) is 24.3 Å². The van der Waals surface area contributed by atoms with Gasteiger partial charge in [-0.2, -0.15) is 0 Å². The number of carbonyl (C=O) groups excluding carboxylic acids is 1. The third-order valence-corrected chi connectivity index (χ3v) is 2.82. The SMILES string of the molecule is CCOC(=O)NC(=S)NCc1ccc(I)cc1. The van der Waals surface area contributed by atoms with Gasteiger partial charge in [0.15, 0.2) is 5.11 Å². The highest BCUT2D eigenvalue weighted by Crippen LogP contribution is 2.06. The van der Waals surface area contributed by atoms with Gasteiger partial charge in [0.25, 0.3) is 0 Å². The molecule has 1 aromatic rings. The fourth-order valence-corrected chi connectivity index (χ4v) is 1.60. The monoisotopic (exact) mass is 364 g/mol. The summed E-state index contributed by atoms with van der Waals surface area (Å²) in [5.41, 5.74) is 1.10. The summed E-state index contributed by atoms with van der Waals surface area (Å²) < 4.78 is 5.88. The first-order valence-electron chi connectivity index (χ1n) is 5.08. The van der Waals surface area contributed by atoms with Crippen LogP contribution in [0.5, 0.6) is 0 Å². The van der Waals surface area contributed by atoms with Crippen LogP contribution in [0.2, 0.25) is 0 Å². The van der Waals surface area contributed by atoms with Crippen LogP contribution in [-0.4, -0.2) is 17.8 Å². The minimum atomic E-state index is -0.535. The first kappa shape index (κ1) is 14.2. The highest BCUT2D eigenvalue weighted by Gasteiger charge is 2.03. The fourth-order valence-electron chi connectivity index (χ4n) is 1.09. The fraction of sp³-hybridized carbons (Fsp3) is 0.273. The molecule has 0 fully saturated rings. The van der Waals surface area contributed by atoms with Crippen LogP contribution < -0.4 is 10.6 Å². The van der Waals surface area contributed by atoms with Crippen LogP contribution in [0.25, 0.3) is 0 Å². The highest BCUT2D eigenvalue weighted by molar-refractivity contribution is 14.1. The molecule has 0 unspecified atom stereocenters. The number of nitrogens with one attached hydrogen (secondary N) is 2. The minimum Gasteiger partial charge on any atom is -0.450 e. The van der Waals surface area contributed by atoms with E-state index in [1.165, 1.54) is 3.57 Å². The molecule has 92 valence electrons. The van der Waals surface area contributed by atoms with Gasteiger partial charge < -0.3 is 10.1 Å². The van der Waals surface area contributed by atoms with E-state index in [-0.39, 0.29) is 5.11 Å². The summed E-state index contributed by atoms with van der Waals surface area (Å²) in [6, 6.07) is 8.03. The lowest BCUT2D eigenvalue weighted by Crippen LogP contribution is -2.39. The van der Waals surface area contributed by atoms with E-state index in [2.05, 4.69) is 33.2 Å². The summed E-state index contributed by atoms with van der Waals surface area (Å²) >= 11 is 7.19. The standard InChI is InChI=1S/C11H13IN2O2S/c1-2-16-11(15)14-10(17)13-7-8-3-5-9(12)6-4-8/h3-6H,2,7H2,1H3,(H2,13,14,15,17). The Bertz CT molecular complexity index is 395. The predicted octanol–water partition coefficient (Wildman–Crippen LogP) is 2.41. The Hall–Kier alpha value is -0.890. The Labute approximate surface area is 119 Å². The Morgan fingerprint density at radius 2 is 2.06 bits per heavy atom. The molecule has 2 N–H and O–H groups in total. The molecule has 0 atom stereocenters. The topological polar surface area (TPSA) is 50.4 Å². The molecule has 0 aliphatic carbocycles. The second-order valence-electron chi connectivity index (χ2n) is 3.15. The number of benzene rings is 1. The van der Waals surface area contributed by atoms with Crippen molar-refractivity contribution in [1.29, 1.82) is 0 Å². The Kier molecular flexibility index (Phi) is 6.20. The lowest BCUT2D eigenvalue weighted by molar-refractivity contribution is 0.157. The molecule has 1 aromatic carbocycles. The maximum absolute atomic E-state index is 11.0. The summed E-state index contributed by atoms with van der Waals surface area (Å²) in [4.78, 5) is 11.0. The molecule has 4 nitrogen and oxygen atoms in total. The van der Waals surface area contributed by atoms with E-state index in [0.717, 1.165) is 5.56 Å². The van der Waals surface area contributed by atoms with Gasteiger partial charge in [0, 0.05) is 10.1 Å². The Morgan fingerprint density at radius 1 is 1.41 bits per heavy atom. The number of alkyl carbamates (subject to hydrolysis) is 1. The number of ether oxygens (including phenoxy) is 1. The third-order valence-electron chi connectivity index (χ3n) is 1.86. The Morgan fingerprint density at radius 3 is 2.65 bits per heavy atom. The lowest BCUT2D eigenvalue weighted by atomic mass is 10.2. The summed E-state index contributed by atoms with van der Waals surface area (Å²) in [5, 5.41) is 5.61. The van der Waals surface area contributed by atoms with E-state index in [0.29, 0.717) is 13.2 Å². The Balaban J connectivity index is 2.33. The number of halogens is 1. The molecule has 0 aliphatic heterocycles. The van der Waals surface area contributed by atoms with Crippen LogP contribution in [0.3, 0.4) is 0 Å². The molecule has 17 heavy (non-hydrogen) atoms. The molecule has 1 amide bonds. The van der Waals surface area contributed by atoms with Crippen molar-refractivity contribution in [3.63, 3.8) is 0 Å².